The van der Waals surface area contributed by atoms with Crippen molar-refractivity contribution < 1.29 is 9.13 Å². The molecule has 136 valence electrons. The van der Waals surface area contributed by atoms with E-state index in [1.807, 2.05) is 24.3 Å². The molecule has 0 aliphatic heterocycles. The van der Waals surface area contributed by atoms with Crippen LogP contribution in [0.15, 0.2) is 66.0 Å². The summed E-state index contributed by atoms with van der Waals surface area (Å²) < 4.78 is 21.4. The summed E-state index contributed by atoms with van der Waals surface area (Å²) in [6.07, 6.45) is 4.95. The molecule has 2 aromatic heterocycles. The first kappa shape index (κ1) is 16.8. The topological polar surface area (TPSA) is 77.7 Å². The van der Waals surface area contributed by atoms with Gasteiger partial charge in [0.1, 0.15) is 17.9 Å². The Morgan fingerprint density at radius 3 is 2.67 bits per heavy atom. The number of nitrogens with zero attached hydrogens (tertiary/aromatic N) is 4. The molecule has 2 aromatic carbocycles. The van der Waals surface area contributed by atoms with E-state index in [1.165, 1.54) is 34.8 Å². The van der Waals surface area contributed by atoms with Crippen LogP contribution in [0.2, 0.25) is 0 Å². The zero-order valence-electron chi connectivity index (χ0n) is 14.5. The predicted octanol–water partition coefficient (Wildman–Crippen LogP) is 2.62. The van der Waals surface area contributed by atoms with Gasteiger partial charge in [0.2, 0.25) is 0 Å². The van der Waals surface area contributed by atoms with Gasteiger partial charge in [-0.2, -0.15) is 14.9 Å². The van der Waals surface area contributed by atoms with Gasteiger partial charge in [-0.25, -0.2) is 9.18 Å². The minimum absolute atomic E-state index is 0.195. The molecule has 0 bridgehead atoms. The number of rotatable bonds is 5. The lowest BCUT2D eigenvalue weighted by Crippen LogP contribution is -2.24. The van der Waals surface area contributed by atoms with Gasteiger partial charge < -0.3 is 4.74 Å². The van der Waals surface area contributed by atoms with Crippen molar-refractivity contribution in [3.8, 4) is 22.6 Å². The predicted molar refractivity (Wildman–Crippen MR) is 97.5 cm³/mol. The van der Waals surface area contributed by atoms with E-state index in [0.717, 1.165) is 11.1 Å². The fraction of sp³-hybridized carbons (Fsp3) is 0.105. The molecule has 27 heavy (non-hydrogen) atoms. The normalized spacial score (nSPS) is 10.9. The number of halogens is 1. The Hall–Kier alpha value is -3.68. The second kappa shape index (κ2) is 6.91. The number of H-pyrrole nitrogens is 1. The van der Waals surface area contributed by atoms with E-state index in [1.54, 1.807) is 18.5 Å². The van der Waals surface area contributed by atoms with E-state index < -0.39 is 5.82 Å². The molecule has 1 N–H and O–H groups in total. The molecular formula is C19H16FN5O2. The molecule has 4 aromatic rings. The highest BCUT2D eigenvalue weighted by Crippen LogP contribution is 2.19. The number of aromatic amines is 1. The molecule has 0 amide bonds. The smallest absolute Gasteiger partial charge is 0.350 e. The molecule has 0 unspecified atom stereocenters. The first-order valence-electron chi connectivity index (χ1n) is 8.21. The van der Waals surface area contributed by atoms with Crippen LogP contribution in [0.1, 0.15) is 5.56 Å². The van der Waals surface area contributed by atoms with E-state index in [-0.39, 0.29) is 12.2 Å². The maximum atomic E-state index is 13.6. The zero-order chi connectivity index (χ0) is 18.8. The molecular weight excluding hydrogens is 349 g/mol. The monoisotopic (exact) mass is 365 g/mol. The van der Waals surface area contributed by atoms with Crippen molar-refractivity contribution in [2.75, 3.05) is 7.11 Å². The summed E-state index contributed by atoms with van der Waals surface area (Å²) in [5.74, 6) is -0.0140. The lowest BCUT2D eigenvalue weighted by atomic mass is 10.1. The van der Waals surface area contributed by atoms with Gasteiger partial charge in [0, 0.05) is 17.8 Å². The maximum Gasteiger partial charge on any atom is 0.350 e. The second-order valence-corrected chi connectivity index (χ2v) is 5.99. The molecule has 8 heteroatoms. The van der Waals surface area contributed by atoms with Crippen LogP contribution in [0.4, 0.5) is 4.39 Å². The molecule has 0 aliphatic carbocycles. The Labute approximate surface area is 153 Å². The van der Waals surface area contributed by atoms with E-state index in [9.17, 15) is 9.18 Å². The third kappa shape index (κ3) is 3.37. The van der Waals surface area contributed by atoms with Crippen molar-refractivity contribution in [2.45, 2.75) is 6.54 Å². The summed E-state index contributed by atoms with van der Waals surface area (Å²) in [5, 5.41) is 10.9. The van der Waals surface area contributed by atoms with Crippen molar-refractivity contribution in [3.63, 3.8) is 0 Å². The molecule has 0 saturated heterocycles. The molecule has 0 aliphatic rings. The quantitative estimate of drug-likeness (QED) is 0.590. The Morgan fingerprint density at radius 1 is 1.15 bits per heavy atom. The fourth-order valence-corrected chi connectivity index (χ4v) is 2.85. The van der Waals surface area contributed by atoms with E-state index >= 15 is 0 Å². The van der Waals surface area contributed by atoms with Crippen LogP contribution >= 0.6 is 0 Å². The third-order valence-corrected chi connectivity index (χ3v) is 4.20. The van der Waals surface area contributed by atoms with Crippen LogP contribution in [0.3, 0.4) is 0 Å². The molecule has 7 nitrogen and oxygen atoms in total. The third-order valence-electron chi connectivity index (χ3n) is 4.20. The van der Waals surface area contributed by atoms with Gasteiger partial charge in [-0.1, -0.05) is 12.1 Å². The number of hydrogen-bond acceptors (Lipinski definition) is 4. The average molecular weight is 365 g/mol. The maximum absolute atomic E-state index is 13.6. The molecule has 4 rings (SSSR count). The molecule has 0 spiro atoms. The van der Waals surface area contributed by atoms with Crippen molar-refractivity contribution in [2.24, 2.45) is 0 Å². The molecule has 0 radical (unpaired) electrons. The SMILES string of the molecule is COc1cc(F)cc(Cn2cnn(-c3ccc(-c4cn[nH]c4)cc3)c2=O)c1. The second-order valence-electron chi connectivity index (χ2n) is 5.99. The highest BCUT2D eigenvalue weighted by atomic mass is 19.1. The average Bonchev–Trinajstić information content (AvgIpc) is 3.32. The summed E-state index contributed by atoms with van der Waals surface area (Å²) in [6.45, 7) is 0.195. The van der Waals surface area contributed by atoms with E-state index in [0.29, 0.717) is 17.0 Å². The number of methoxy groups -OCH3 is 1. The van der Waals surface area contributed by atoms with E-state index in [4.69, 9.17) is 4.74 Å². The van der Waals surface area contributed by atoms with E-state index in [2.05, 4.69) is 15.3 Å². The van der Waals surface area contributed by atoms with Gasteiger partial charge in [-0.05, 0) is 35.4 Å². The lowest BCUT2D eigenvalue weighted by molar-refractivity contribution is 0.410. The number of aromatic nitrogens is 5. The molecule has 0 saturated carbocycles. The van der Waals surface area contributed by atoms with Crippen LogP contribution < -0.4 is 10.4 Å². The highest BCUT2D eigenvalue weighted by molar-refractivity contribution is 5.62. The van der Waals surface area contributed by atoms with Crippen molar-refractivity contribution in [3.05, 3.63) is 83.1 Å². The Kier molecular flexibility index (Phi) is 4.29. The zero-order valence-corrected chi connectivity index (χ0v) is 14.5. The van der Waals surface area contributed by atoms with Crippen LogP contribution in [-0.4, -0.2) is 31.7 Å². The summed E-state index contributed by atoms with van der Waals surface area (Å²) >= 11 is 0. The minimum Gasteiger partial charge on any atom is -0.497 e. The van der Waals surface area contributed by atoms with Gasteiger partial charge >= 0.3 is 5.69 Å². The summed E-state index contributed by atoms with van der Waals surface area (Å²) in [5.41, 5.74) is 2.88. The Balaban J connectivity index is 1.61. The largest absolute Gasteiger partial charge is 0.497 e. The molecule has 2 heterocycles. The highest BCUT2D eigenvalue weighted by Gasteiger charge is 2.10. The van der Waals surface area contributed by atoms with Gasteiger partial charge in [-0.15, -0.1) is 0 Å². The number of ether oxygens (including phenoxy) is 1. The fourth-order valence-electron chi connectivity index (χ4n) is 2.85. The first-order chi connectivity index (χ1) is 13.1. The van der Waals surface area contributed by atoms with Crippen LogP contribution in [0.5, 0.6) is 5.75 Å². The number of hydrogen-bond donors (Lipinski definition) is 1. The standard InChI is InChI=1S/C19H16FN5O2/c1-27-18-7-13(6-16(20)8-18)11-24-12-23-25(19(24)26)17-4-2-14(3-5-17)15-9-21-22-10-15/h2-10,12H,11H2,1H3,(H,21,22). The van der Waals surface area contributed by atoms with Crippen molar-refractivity contribution in [1.29, 1.82) is 0 Å². The van der Waals surface area contributed by atoms with Gasteiger partial charge in [-0.3, -0.25) is 9.67 Å². The Morgan fingerprint density at radius 2 is 1.96 bits per heavy atom. The molecule has 0 fully saturated rings. The van der Waals surface area contributed by atoms with Gasteiger partial charge in [0.15, 0.2) is 0 Å². The molecule has 0 atom stereocenters. The number of benzene rings is 2. The van der Waals surface area contributed by atoms with Crippen molar-refractivity contribution >= 4 is 0 Å². The van der Waals surface area contributed by atoms with Gasteiger partial charge in [0.25, 0.3) is 0 Å². The van der Waals surface area contributed by atoms with Crippen LogP contribution in [-0.2, 0) is 6.54 Å². The first-order valence-corrected chi connectivity index (χ1v) is 8.21. The Bertz CT molecular complexity index is 1110. The summed E-state index contributed by atoms with van der Waals surface area (Å²) in [4.78, 5) is 12.7. The van der Waals surface area contributed by atoms with Crippen molar-refractivity contribution in [1.82, 2.24) is 24.5 Å². The lowest BCUT2D eigenvalue weighted by Gasteiger charge is -2.05. The summed E-state index contributed by atoms with van der Waals surface area (Å²) in [6, 6.07) is 11.8. The van der Waals surface area contributed by atoms with Crippen LogP contribution in [0.25, 0.3) is 16.8 Å². The minimum atomic E-state index is -0.417. The number of nitrogens with one attached hydrogen (secondary N) is 1. The summed E-state index contributed by atoms with van der Waals surface area (Å²) in [7, 11) is 1.47. The van der Waals surface area contributed by atoms with Gasteiger partial charge in [0.05, 0.1) is 25.5 Å². The van der Waals surface area contributed by atoms with Crippen LogP contribution in [0, 0.1) is 5.82 Å².